The van der Waals surface area contributed by atoms with Crippen LogP contribution in [0.4, 0.5) is 0 Å². The van der Waals surface area contributed by atoms with Gasteiger partial charge in [0.2, 0.25) is 5.89 Å². The second kappa shape index (κ2) is 5.91. The smallest absolute Gasteiger partial charge is 0.311 e. The molecule has 0 aromatic carbocycles. The van der Waals surface area contributed by atoms with Crippen LogP contribution in [0.1, 0.15) is 45.3 Å². The van der Waals surface area contributed by atoms with Crippen LogP contribution in [0, 0.1) is 11.3 Å². The molecule has 1 unspecified atom stereocenters. The van der Waals surface area contributed by atoms with Gasteiger partial charge in [-0.1, -0.05) is 25.9 Å². The summed E-state index contributed by atoms with van der Waals surface area (Å²) >= 11 is 0. The number of carboxylic acids is 1. The highest BCUT2D eigenvalue weighted by atomic mass is 16.5. The zero-order chi connectivity index (χ0) is 14.8. The molecular weight excluding hydrogens is 258 g/mol. The van der Waals surface area contributed by atoms with Crippen LogP contribution in [-0.2, 0) is 17.8 Å². The Balaban J connectivity index is 2.00. The average Bonchev–Trinajstić information content (AvgIpc) is 2.98. The first-order valence-electron chi connectivity index (χ1n) is 7.25. The number of rotatable bonds is 6. The summed E-state index contributed by atoms with van der Waals surface area (Å²) in [5.41, 5.74) is -0.643. The van der Waals surface area contributed by atoms with E-state index in [1.54, 1.807) is 0 Å². The summed E-state index contributed by atoms with van der Waals surface area (Å²) in [5, 5.41) is 13.5. The summed E-state index contributed by atoms with van der Waals surface area (Å²) in [7, 11) is 0. The van der Waals surface area contributed by atoms with Crippen molar-refractivity contribution in [1.82, 2.24) is 15.0 Å². The van der Waals surface area contributed by atoms with Crippen LogP contribution >= 0.6 is 0 Å². The number of aryl methyl sites for hydroxylation is 1. The number of hydrogen-bond acceptors (Lipinski definition) is 5. The van der Waals surface area contributed by atoms with Gasteiger partial charge in [0.1, 0.15) is 0 Å². The quantitative estimate of drug-likeness (QED) is 0.858. The second-order valence-corrected chi connectivity index (χ2v) is 5.93. The van der Waals surface area contributed by atoms with Gasteiger partial charge in [0.15, 0.2) is 5.82 Å². The van der Waals surface area contributed by atoms with Crippen molar-refractivity contribution < 1.29 is 14.4 Å². The van der Waals surface area contributed by atoms with Crippen LogP contribution < -0.4 is 0 Å². The van der Waals surface area contributed by atoms with Gasteiger partial charge in [0.25, 0.3) is 0 Å². The van der Waals surface area contributed by atoms with Gasteiger partial charge < -0.3 is 9.63 Å². The fraction of sp³-hybridized carbons (Fsp3) is 0.786. The van der Waals surface area contributed by atoms with E-state index < -0.39 is 11.4 Å². The predicted octanol–water partition coefficient (Wildman–Crippen LogP) is 1.95. The van der Waals surface area contributed by atoms with Crippen molar-refractivity contribution in [3.8, 4) is 0 Å². The molecule has 0 amide bonds. The van der Waals surface area contributed by atoms with Gasteiger partial charge >= 0.3 is 5.97 Å². The maximum absolute atomic E-state index is 11.6. The molecule has 1 atom stereocenters. The van der Waals surface area contributed by atoms with Crippen molar-refractivity contribution in [2.24, 2.45) is 11.3 Å². The molecule has 1 aliphatic rings. The lowest BCUT2D eigenvalue weighted by Gasteiger charge is -2.28. The Bertz CT molecular complexity index is 472. The highest BCUT2D eigenvalue weighted by molar-refractivity contribution is 5.75. The van der Waals surface area contributed by atoms with E-state index in [0.717, 1.165) is 19.4 Å². The third kappa shape index (κ3) is 2.85. The van der Waals surface area contributed by atoms with E-state index in [-0.39, 0.29) is 5.92 Å². The Morgan fingerprint density at radius 3 is 2.85 bits per heavy atom. The van der Waals surface area contributed by atoms with Crippen LogP contribution in [0.5, 0.6) is 0 Å². The van der Waals surface area contributed by atoms with E-state index in [9.17, 15) is 9.90 Å². The fourth-order valence-electron chi connectivity index (χ4n) is 2.81. The number of carbonyl (C=O) groups is 1. The summed E-state index contributed by atoms with van der Waals surface area (Å²) in [5.74, 6) is 0.731. The average molecular weight is 281 g/mol. The first kappa shape index (κ1) is 15.0. The number of nitrogens with zero attached hydrogens (tertiary/aromatic N) is 3. The largest absolute Gasteiger partial charge is 0.481 e. The molecule has 1 aromatic rings. The molecule has 6 nitrogen and oxygen atoms in total. The highest BCUT2D eigenvalue weighted by Crippen LogP contribution is 2.38. The van der Waals surface area contributed by atoms with Crippen molar-refractivity contribution in [2.45, 2.75) is 46.6 Å². The van der Waals surface area contributed by atoms with Gasteiger partial charge in [0.05, 0.1) is 12.0 Å². The number of likely N-dealkylation sites (tertiary alicyclic amines) is 1. The van der Waals surface area contributed by atoms with Gasteiger partial charge in [-0.25, -0.2) is 0 Å². The Labute approximate surface area is 119 Å². The summed E-state index contributed by atoms with van der Waals surface area (Å²) in [4.78, 5) is 18.0. The minimum Gasteiger partial charge on any atom is -0.481 e. The molecule has 1 fully saturated rings. The molecule has 0 radical (unpaired) electrons. The molecule has 0 saturated carbocycles. The molecule has 6 heteroatoms. The molecule has 1 aliphatic heterocycles. The summed E-state index contributed by atoms with van der Waals surface area (Å²) in [6.07, 6.45) is 2.44. The molecule has 112 valence electrons. The van der Waals surface area contributed by atoms with Gasteiger partial charge in [-0.2, -0.15) is 4.98 Å². The topological polar surface area (TPSA) is 79.5 Å². The normalized spacial score (nSPS) is 23.6. The van der Waals surface area contributed by atoms with Crippen molar-refractivity contribution >= 4 is 5.97 Å². The monoisotopic (exact) mass is 281 g/mol. The van der Waals surface area contributed by atoms with E-state index >= 15 is 0 Å². The van der Waals surface area contributed by atoms with E-state index in [0.29, 0.717) is 31.2 Å². The molecule has 0 spiro atoms. The number of aliphatic carboxylic acids is 1. The lowest BCUT2D eigenvalue weighted by Crippen LogP contribution is -2.39. The van der Waals surface area contributed by atoms with Crippen LogP contribution in [0.2, 0.25) is 0 Å². The molecule has 2 rings (SSSR count). The molecular formula is C14H23N3O3. The standard InChI is InChI=1S/C14H23N3O3/c1-4-5-12-15-11(16-20-12)8-17-7-6-14(9-17,10(2)3)13(18)19/h10H,4-9H2,1-3H3,(H,18,19). The van der Waals surface area contributed by atoms with Crippen molar-refractivity contribution in [3.63, 3.8) is 0 Å². The van der Waals surface area contributed by atoms with Crippen molar-refractivity contribution in [2.75, 3.05) is 13.1 Å². The fourth-order valence-corrected chi connectivity index (χ4v) is 2.81. The van der Waals surface area contributed by atoms with Crippen LogP contribution in [-0.4, -0.2) is 39.2 Å². The molecule has 2 heterocycles. The highest BCUT2D eigenvalue weighted by Gasteiger charge is 2.47. The van der Waals surface area contributed by atoms with E-state index in [4.69, 9.17) is 4.52 Å². The number of hydrogen-bond donors (Lipinski definition) is 1. The SMILES string of the molecule is CCCc1nc(CN2CCC(C(=O)O)(C(C)C)C2)no1. The minimum atomic E-state index is -0.699. The Kier molecular flexibility index (Phi) is 4.42. The zero-order valence-corrected chi connectivity index (χ0v) is 12.4. The molecule has 20 heavy (non-hydrogen) atoms. The van der Waals surface area contributed by atoms with E-state index in [2.05, 4.69) is 22.0 Å². The second-order valence-electron chi connectivity index (χ2n) is 5.93. The molecule has 0 bridgehead atoms. The Morgan fingerprint density at radius 1 is 1.55 bits per heavy atom. The first-order valence-corrected chi connectivity index (χ1v) is 7.25. The molecule has 1 saturated heterocycles. The van der Waals surface area contributed by atoms with Crippen LogP contribution in [0.25, 0.3) is 0 Å². The maximum Gasteiger partial charge on any atom is 0.311 e. The maximum atomic E-state index is 11.6. The minimum absolute atomic E-state index is 0.117. The third-order valence-corrected chi connectivity index (χ3v) is 4.25. The van der Waals surface area contributed by atoms with E-state index in [1.165, 1.54) is 0 Å². The zero-order valence-electron chi connectivity index (χ0n) is 12.4. The first-order chi connectivity index (χ1) is 9.48. The van der Waals surface area contributed by atoms with Crippen LogP contribution in [0.3, 0.4) is 0 Å². The van der Waals surface area contributed by atoms with Crippen molar-refractivity contribution in [3.05, 3.63) is 11.7 Å². The van der Waals surface area contributed by atoms with Gasteiger partial charge in [-0.15, -0.1) is 0 Å². The van der Waals surface area contributed by atoms with Crippen LogP contribution in [0.15, 0.2) is 4.52 Å². The molecule has 1 N–H and O–H groups in total. The lowest BCUT2D eigenvalue weighted by atomic mass is 9.76. The Hall–Kier alpha value is -1.43. The Morgan fingerprint density at radius 2 is 2.30 bits per heavy atom. The molecule has 0 aliphatic carbocycles. The number of carboxylic acid groups (broad SMARTS) is 1. The third-order valence-electron chi connectivity index (χ3n) is 4.25. The predicted molar refractivity (Wildman–Crippen MR) is 73.1 cm³/mol. The molecule has 1 aromatic heterocycles. The number of aromatic nitrogens is 2. The van der Waals surface area contributed by atoms with Gasteiger partial charge in [-0.05, 0) is 25.3 Å². The van der Waals surface area contributed by atoms with E-state index in [1.807, 2.05) is 13.8 Å². The van der Waals surface area contributed by atoms with Crippen molar-refractivity contribution in [1.29, 1.82) is 0 Å². The van der Waals surface area contributed by atoms with Gasteiger partial charge in [-0.3, -0.25) is 9.69 Å². The lowest BCUT2D eigenvalue weighted by molar-refractivity contribution is -0.151. The summed E-state index contributed by atoms with van der Waals surface area (Å²) in [6, 6.07) is 0. The summed E-state index contributed by atoms with van der Waals surface area (Å²) < 4.78 is 5.16. The summed E-state index contributed by atoms with van der Waals surface area (Å²) in [6.45, 7) is 7.90. The van der Waals surface area contributed by atoms with Gasteiger partial charge in [0, 0.05) is 13.0 Å².